The van der Waals surface area contributed by atoms with Crippen molar-refractivity contribution in [1.82, 2.24) is 19.4 Å². The quantitative estimate of drug-likeness (QED) is 0.487. The van der Waals surface area contributed by atoms with Gasteiger partial charge in [-0.15, -0.1) is 0 Å². The van der Waals surface area contributed by atoms with Crippen molar-refractivity contribution in [2.75, 3.05) is 26.2 Å². The molecule has 6 nitrogen and oxygen atoms in total. The molecule has 0 aromatic carbocycles. The topological polar surface area (TPSA) is 53.7 Å². The standard InChI is InChI=1S/C27H39N5O/c1-5-20(2)27(32-15-11-23(12-16-32)31-13-7-6-8-14-31)29-25-18-28-24(17-21(25)3)22-9-10-26(33)30(4)19-22/h9-10,17-20,23H,5-8,11-16H2,1-4H3. The number of aromatic nitrogens is 2. The molecule has 0 spiro atoms. The molecule has 2 aliphatic heterocycles. The first-order valence-corrected chi connectivity index (χ1v) is 12.7. The Bertz CT molecular complexity index is 1030. The molecule has 6 heteroatoms. The molecule has 4 heterocycles. The summed E-state index contributed by atoms with van der Waals surface area (Å²) in [6.07, 6.45) is 11.4. The molecule has 0 aliphatic carbocycles. The van der Waals surface area contributed by atoms with E-state index in [1.54, 1.807) is 17.7 Å². The van der Waals surface area contributed by atoms with E-state index in [9.17, 15) is 4.79 Å². The fraction of sp³-hybridized carbons (Fsp3) is 0.593. The Hall–Kier alpha value is -2.47. The summed E-state index contributed by atoms with van der Waals surface area (Å²) in [6, 6.07) is 6.25. The molecule has 0 bridgehead atoms. The second kappa shape index (κ2) is 10.6. The van der Waals surface area contributed by atoms with Crippen LogP contribution in [0, 0.1) is 12.8 Å². The summed E-state index contributed by atoms with van der Waals surface area (Å²) in [5, 5.41) is 0. The van der Waals surface area contributed by atoms with Crippen molar-refractivity contribution in [1.29, 1.82) is 0 Å². The maximum absolute atomic E-state index is 11.7. The number of hydrogen-bond donors (Lipinski definition) is 0. The molecule has 33 heavy (non-hydrogen) atoms. The van der Waals surface area contributed by atoms with Crippen LogP contribution in [0.15, 0.2) is 40.4 Å². The molecule has 2 aromatic rings. The number of aryl methyl sites for hydroxylation is 2. The SMILES string of the molecule is CCC(C)C(=Nc1cnc(-c2ccc(=O)n(C)c2)cc1C)N1CCC(N2CCCCC2)CC1. The molecule has 0 radical (unpaired) electrons. The molecule has 1 unspecified atom stereocenters. The molecule has 2 aromatic heterocycles. The molecule has 4 rings (SSSR count). The lowest BCUT2D eigenvalue weighted by Gasteiger charge is -2.42. The van der Waals surface area contributed by atoms with E-state index in [4.69, 9.17) is 4.99 Å². The van der Waals surface area contributed by atoms with Gasteiger partial charge in [-0.2, -0.15) is 0 Å². The van der Waals surface area contributed by atoms with E-state index in [1.165, 1.54) is 51.0 Å². The third kappa shape index (κ3) is 5.55. The molecule has 2 fully saturated rings. The van der Waals surface area contributed by atoms with E-state index in [0.717, 1.165) is 48.1 Å². The summed E-state index contributed by atoms with van der Waals surface area (Å²) in [7, 11) is 1.77. The zero-order valence-electron chi connectivity index (χ0n) is 20.8. The van der Waals surface area contributed by atoms with Crippen LogP contribution < -0.4 is 5.56 Å². The van der Waals surface area contributed by atoms with Crippen molar-refractivity contribution < 1.29 is 0 Å². The zero-order chi connectivity index (χ0) is 23.4. The van der Waals surface area contributed by atoms with Gasteiger partial charge in [-0.3, -0.25) is 9.78 Å². The van der Waals surface area contributed by atoms with Crippen LogP contribution >= 0.6 is 0 Å². The highest BCUT2D eigenvalue weighted by molar-refractivity contribution is 5.87. The fourth-order valence-corrected chi connectivity index (χ4v) is 5.11. The summed E-state index contributed by atoms with van der Waals surface area (Å²) in [5.41, 5.74) is 3.85. The van der Waals surface area contributed by atoms with Crippen LogP contribution in [-0.4, -0.2) is 57.4 Å². The van der Waals surface area contributed by atoms with Crippen LogP contribution in [0.25, 0.3) is 11.3 Å². The van der Waals surface area contributed by atoms with Gasteiger partial charge < -0.3 is 14.4 Å². The van der Waals surface area contributed by atoms with Crippen molar-refractivity contribution >= 4 is 11.5 Å². The molecular weight excluding hydrogens is 410 g/mol. The summed E-state index contributed by atoms with van der Waals surface area (Å²) in [5.74, 6) is 1.62. The van der Waals surface area contributed by atoms with Gasteiger partial charge >= 0.3 is 0 Å². The zero-order valence-corrected chi connectivity index (χ0v) is 20.8. The van der Waals surface area contributed by atoms with Gasteiger partial charge in [0.05, 0.1) is 17.6 Å². The minimum Gasteiger partial charge on any atom is -0.360 e. The fourth-order valence-electron chi connectivity index (χ4n) is 5.11. The van der Waals surface area contributed by atoms with E-state index < -0.39 is 0 Å². The van der Waals surface area contributed by atoms with Gasteiger partial charge in [-0.1, -0.05) is 20.3 Å². The van der Waals surface area contributed by atoms with E-state index in [0.29, 0.717) is 5.92 Å². The highest BCUT2D eigenvalue weighted by atomic mass is 16.1. The van der Waals surface area contributed by atoms with Crippen molar-refractivity contribution in [2.24, 2.45) is 18.0 Å². The number of piperidine rings is 2. The van der Waals surface area contributed by atoms with Crippen LogP contribution in [0.1, 0.15) is 57.9 Å². The lowest BCUT2D eigenvalue weighted by atomic mass is 9.98. The van der Waals surface area contributed by atoms with Crippen molar-refractivity contribution in [2.45, 2.75) is 65.3 Å². The van der Waals surface area contributed by atoms with Gasteiger partial charge in [0, 0.05) is 49.9 Å². The van der Waals surface area contributed by atoms with E-state index >= 15 is 0 Å². The Kier molecular flexibility index (Phi) is 7.63. The highest BCUT2D eigenvalue weighted by Gasteiger charge is 2.28. The average Bonchev–Trinajstić information content (AvgIpc) is 2.85. The van der Waals surface area contributed by atoms with Crippen molar-refractivity contribution in [3.05, 3.63) is 46.5 Å². The van der Waals surface area contributed by atoms with Gasteiger partial charge in [-0.25, -0.2) is 4.99 Å². The van der Waals surface area contributed by atoms with E-state index in [1.807, 2.05) is 18.5 Å². The Morgan fingerprint density at radius 1 is 1.15 bits per heavy atom. The number of nitrogens with zero attached hydrogens (tertiary/aromatic N) is 5. The lowest BCUT2D eigenvalue weighted by molar-refractivity contribution is 0.113. The predicted octanol–water partition coefficient (Wildman–Crippen LogP) is 4.78. The number of likely N-dealkylation sites (tertiary alicyclic amines) is 2. The van der Waals surface area contributed by atoms with Crippen LogP contribution in [0.2, 0.25) is 0 Å². The normalized spacial score (nSPS) is 19.6. The van der Waals surface area contributed by atoms with Crippen LogP contribution in [0.5, 0.6) is 0 Å². The molecule has 178 valence electrons. The molecule has 1 atom stereocenters. The summed E-state index contributed by atoms with van der Waals surface area (Å²) < 4.78 is 1.59. The second-order valence-corrected chi connectivity index (χ2v) is 9.82. The van der Waals surface area contributed by atoms with Gasteiger partial charge in [-0.05, 0) is 69.8 Å². The first-order valence-electron chi connectivity index (χ1n) is 12.7. The third-order valence-electron chi connectivity index (χ3n) is 7.45. The Balaban J connectivity index is 1.52. The summed E-state index contributed by atoms with van der Waals surface area (Å²) in [4.78, 5) is 26.8. The first kappa shape index (κ1) is 23.7. The number of pyridine rings is 2. The summed E-state index contributed by atoms with van der Waals surface area (Å²) in [6.45, 7) is 11.4. The van der Waals surface area contributed by atoms with Gasteiger partial charge in [0.1, 0.15) is 5.84 Å². The van der Waals surface area contributed by atoms with Gasteiger partial charge in [0.2, 0.25) is 5.56 Å². The summed E-state index contributed by atoms with van der Waals surface area (Å²) >= 11 is 0. The van der Waals surface area contributed by atoms with Crippen molar-refractivity contribution in [3.63, 3.8) is 0 Å². The average molecular weight is 450 g/mol. The van der Waals surface area contributed by atoms with Crippen LogP contribution in [0.3, 0.4) is 0 Å². The number of aliphatic imine (C=N–C) groups is 1. The van der Waals surface area contributed by atoms with E-state index in [-0.39, 0.29) is 5.56 Å². The van der Waals surface area contributed by atoms with E-state index in [2.05, 4.69) is 41.6 Å². The monoisotopic (exact) mass is 449 g/mol. The predicted molar refractivity (Wildman–Crippen MR) is 136 cm³/mol. The second-order valence-electron chi connectivity index (χ2n) is 9.82. The molecule has 2 saturated heterocycles. The number of amidine groups is 1. The Labute approximate surface area is 198 Å². The van der Waals surface area contributed by atoms with Crippen LogP contribution in [-0.2, 0) is 7.05 Å². The number of hydrogen-bond acceptors (Lipinski definition) is 4. The smallest absolute Gasteiger partial charge is 0.250 e. The molecule has 2 aliphatic rings. The third-order valence-corrected chi connectivity index (χ3v) is 7.45. The first-order chi connectivity index (χ1) is 16.0. The minimum atomic E-state index is -0.0149. The maximum atomic E-state index is 11.7. The Morgan fingerprint density at radius 3 is 2.52 bits per heavy atom. The maximum Gasteiger partial charge on any atom is 0.250 e. The molecule has 0 amide bonds. The molecule has 0 saturated carbocycles. The highest BCUT2D eigenvalue weighted by Crippen LogP contribution is 2.27. The largest absolute Gasteiger partial charge is 0.360 e. The molecular formula is C27H39N5O. The van der Waals surface area contributed by atoms with Gasteiger partial charge in [0.25, 0.3) is 0 Å². The molecule has 0 N–H and O–H groups in total. The lowest BCUT2D eigenvalue weighted by Crippen LogP contribution is -2.49. The van der Waals surface area contributed by atoms with Crippen LogP contribution in [0.4, 0.5) is 5.69 Å². The number of rotatable bonds is 5. The minimum absolute atomic E-state index is 0.0149. The Morgan fingerprint density at radius 2 is 1.88 bits per heavy atom. The van der Waals surface area contributed by atoms with Gasteiger partial charge in [0.15, 0.2) is 0 Å². The van der Waals surface area contributed by atoms with Crippen molar-refractivity contribution in [3.8, 4) is 11.3 Å².